The van der Waals surface area contributed by atoms with E-state index in [9.17, 15) is 0 Å². The fraction of sp³-hybridized carbons (Fsp3) is 0.500. The fourth-order valence-corrected chi connectivity index (χ4v) is 3.00. The molecule has 84 valence electrons. The van der Waals surface area contributed by atoms with Crippen molar-refractivity contribution in [1.29, 1.82) is 0 Å². The summed E-state index contributed by atoms with van der Waals surface area (Å²) < 4.78 is 0. The zero-order valence-corrected chi connectivity index (χ0v) is 9.79. The van der Waals surface area contributed by atoms with E-state index in [-0.39, 0.29) is 0 Å². The van der Waals surface area contributed by atoms with E-state index in [1.165, 1.54) is 43.2 Å². The molecule has 0 bridgehead atoms. The van der Waals surface area contributed by atoms with Gasteiger partial charge in [-0.15, -0.1) is 0 Å². The maximum absolute atomic E-state index is 4.41. The van der Waals surface area contributed by atoms with Gasteiger partial charge in [0.2, 0.25) is 0 Å². The molecule has 0 spiro atoms. The molecule has 0 amide bonds. The molecule has 2 heteroatoms. The number of para-hydroxylation sites is 1. The summed E-state index contributed by atoms with van der Waals surface area (Å²) in [6, 6.07) is 8.43. The van der Waals surface area contributed by atoms with Gasteiger partial charge in [-0.05, 0) is 18.9 Å². The Morgan fingerprint density at radius 2 is 1.88 bits per heavy atom. The predicted octanol–water partition coefficient (Wildman–Crippen LogP) is 3.78. The quantitative estimate of drug-likeness (QED) is 0.768. The molecule has 1 heterocycles. The van der Waals surface area contributed by atoms with Gasteiger partial charge < -0.3 is 0 Å². The highest BCUT2D eigenvalue weighted by Crippen LogP contribution is 2.40. The van der Waals surface area contributed by atoms with Crippen LogP contribution in [0.15, 0.2) is 24.3 Å². The molecule has 2 nitrogen and oxygen atoms in total. The van der Waals surface area contributed by atoms with E-state index in [4.69, 9.17) is 0 Å². The summed E-state index contributed by atoms with van der Waals surface area (Å²) in [5, 5.41) is 9.00. The lowest BCUT2D eigenvalue weighted by Crippen LogP contribution is -2.25. The number of rotatable bonds is 1. The Balaban J connectivity index is 2.11. The molecule has 1 N–H and O–H groups in total. The molecule has 1 aliphatic rings. The van der Waals surface area contributed by atoms with Crippen LogP contribution in [0.4, 0.5) is 0 Å². The van der Waals surface area contributed by atoms with Crippen LogP contribution in [0.3, 0.4) is 0 Å². The number of hydrogen-bond acceptors (Lipinski definition) is 1. The summed E-state index contributed by atoms with van der Waals surface area (Å²) >= 11 is 0. The van der Waals surface area contributed by atoms with Crippen molar-refractivity contribution in [1.82, 2.24) is 10.2 Å². The largest absolute Gasteiger partial charge is 0.281 e. The molecule has 1 aromatic carbocycles. The Hall–Kier alpha value is -1.31. The van der Waals surface area contributed by atoms with Crippen LogP contribution < -0.4 is 0 Å². The number of fused-ring (bicyclic) bond motifs is 1. The third-order valence-corrected chi connectivity index (χ3v) is 4.02. The molecule has 1 fully saturated rings. The van der Waals surface area contributed by atoms with Gasteiger partial charge in [-0.25, -0.2) is 0 Å². The minimum atomic E-state index is 0.314. The zero-order chi connectivity index (χ0) is 11.0. The Morgan fingerprint density at radius 3 is 2.69 bits per heavy atom. The van der Waals surface area contributed by atoms with E-state index < -0.39 is 0 Å². The maximum atomic E-state index is 4.41. The van der Waals surface area contributed by atoms with Gasteiger partial charge in [-0.2, -0.15) is 5.10 Å². The Morgan fingerprint density at radius 1 is 1.12 bits per heavy atom. The van der Waals surface area contributed by atoms with E-state index >= 15 is 0 Å². The standard InChI is InChI=1S/C14H18N2/c1-14(9-5-2-6-10-14)13-11-7-3-4-8-12(11)15-16-13/h3-4,7-8H,2,5-6,9-10H2,1H3,(H,15,16). The number of nitrogens with zero attached hydrogens (tertiary/aromatic N) is 1. The Bertz CT molecular complexity index is 492. The van der Waals surface area contributed by atoms with E-state index in [1.54, 1.807) is 0 Å². The minimum Gasteiger partial charge on any atom is -0.281 e. The van der Waals surface area contributed by atoms with Gasteiger partial charge in [0.05, 0.1) is 5.52 Å². The highest BCUT2D eigenvalue weighted by Gasteiger charge is 2.31. The van der Waals surface area contributed by atoms with E-state index in [0.717, 1.165) is 5.52 Å². The third-order valence-electron chi connectivity index (χ3n) is 4.02. The lowest BCUT2D eigenvalue weighted by molar-refractivity contribution is 0.314. The van der Waals surface area contributed by atoms with Crippen molar-refractivity contribution in [3.05, 3.63) is 30.0 Å². The second kappa shape index (κ2) is 3.62. The molecule has 1 aromatic heterocycles. The first-order chi connectivity index (χ1) is 7.80. The van der Waals surface area contributed by atoms with Gasteiger partial charge in [0.1, 0.15) is 0 Å². The maximum Gasteiger partial charge on any atom is 0.0923 e. The first-order valence-electron chi connectivity index (χ1n) is 6.23. The minimum absolute atomic E-state index is 0.314. The summed E-state index contributed by atoms with van der Waals surface area (Å²) in [6.45, 7) is 2.38. The summed E-state index contributed by atoms with van der Waals surface area (Å²) in [4.78, 5) is 0. The van der Waals surface area contributed by atoms with Crippen molar-refractivity contribution < 1.29 is 0 Å². The first-order valence-corrected chi connectivity index (χ1v) is 6.23. The average molecular weight is 214 g/mol. The smallest absolute Gasteiger partial charge is 0.0923 e. The second-order valence-corrected chi connectivity index (χ2v) is 5.24. The van der Waals surface area contributed by atoms with Gasteiger partial charge in [-0.3, -0.25) is 5.10 Å². The molecule has 2 aromatic rings. The van der Waals surface area contributed by atoms with Crippen LogP contribution in [-0.2, 0) is 5.41 Å². The second-order valence-electron chi connectivity index (χ2n) is 5.24. The van der Waals surface area contributed by atoms with Gasteiger partial charge in [0, 0.05) is 16.5 Å². The molecule has 0 unspecified atom stereocenters. The molecule has 0 aliphatic heterocycles. The van der Waals surface area contributed by atoms with Crippen molar-refractivity contribution >= 4 is 10.9 Å². The number of nitrogens with one attached hydrogen (secondary N) is 1. The fourth-order valence-electron chi connectivity index (χ4n) is 3.00. The average Bonchev–Trinajstić information content (AvgIpc) is 2.74. The number of hydrogen-bond donors (Lipinski definition) is 1. The molecule has 0 saturated heterocycles. The van der Waals surface area contributed by atoms with Crippen molar-refractivity contribution in [2.24, 2.45) is 0 Å². The molecular formula is C14H18N2. The van der Waals surface area contributed by atoms with Crippen molar-refractivity contribution in [3.8, 4) is 0 Å². The SMILES string of the molecule is CC1(c2[nH]nc3ccccc23)CCCCC1. The van der Waals surface area contributed by atoms with Crippen LogP contribution in [0.2, 0.25) is 0 Å². The van der Waals surface area contributed by atoms with E-state index in [2.05, 4.69) is 41.4 Å². The van der Waals surface area contributed by atoms with Crippen LogP contribution in [0.5, 0.6) is 0 Å². The number of H-pyrrole nitrogens is 1. The lowest BCUT2D eigenvalue weighted by Gasteiger charge is -2.32. The van der Waals surface area contributed by atoms with Crippen LogP contribution >= 0.6 is 0 Å². The highest BCUT2D eigenvalue weighted by molar-refractivity contribution is 5.82. The first kappa shape index (κ1) is 9.88. The molecule has 1 aliphatic carbocycles. The Kier molecular flexibility index (Phi) is 2.23. The van der Waals surface area contributed by atoms with Crippen LogP contribution in [0, 0.1) is 0 Å². The monoisotopic (exact) mass is 214 g/mol. The number of benzene rings is 1. The van der Waals surface area contributed by atoms with Gasteiger partial charge in [-0.1, -0.05) is 44.4 Å². The van der Waals surface area contributed by atoms with Crippen LogP contribution in [-0.4, -0.2) is 10.2 Å². The molecule has 0 radical (unpaired) electrons. The number of aromatic amines is 1. The van der Waals surface area contributed by atoms with Crippen molar-refractivity contribution in [3.63, 3.8) is 0 Å². The molecular weight excluding hydrogens is 196 g/mol. The summed E-state index contributed by atoms with van der Waals surface area (Å²) in [5.41, 5.74) is 2.76. The third kappa shape index (κ3) is 1.44. The summed E-state index contributed by atoms with van der Waals surface area (Å²) in [6.07, 6.45) is 6.67. The van der Waals surface area contributed by atoms with E-state index in [1.807, 2.05) is 0 Å². The van der Waals surface area contributed by atoms with Gasteiger partial charge >= 0.3 is 0 Å². The summed E-state index contributed by atoms with van der Waals surface area (Å²) in [7, 11) is 0. The molecule has 0 atom stereocenters. The predicted molar refractivity (Wildman–Crippen MR) is 66.5 cm³/mol. The number of aromatic nitrogens is 2. The molecule has 1 saturated carbocycles. The van der Waals surface area contributed by atoms with Crippen LogP contribution in [0.25, 0.3) is 10.9 Å². The highest BCUT2D eigenvalue weighted by atomic mass is 15.1. The topological polar surface area (TPSA) is 28.7 Å². The summed E-state index contributed by atoms with van der Waals surface area (Å²) in [5.74, 6) is 0. The van der Waals surface area contributed by atoms with Gasteiger partial charge in [0.15, 0.2) is 0 Å². The molecule has 16 heavy (non-hydrogen) atoms. The van der Waals surface area contributed by atoms with Crippen molar-refractivity contribution in [2.75, 3.05) is 0 Å². The Labute approximate surface area is 96.1 Å². The van der Waals surface area contributed by atoms with Crippen molar-refractivity contribution in [2.45, 2.75) is 44.4 Å². The lowest BCUT2D eigenvalue weighted by atomic mass is 9.72. The zero-order valence-electron chi connectivity index (χ0n) is 9.79. The van der Waals surface area contributed by atoms with Crippen LogP contribution in [0.1, 0.15) is 44.7 Å². The van der Waals surface area contributed by atoms with Gasteiger partial charge in [0.25, 0.3) is 0 Å². The molecule has 3 rings (SSSR count). The van der Waals surface area contributed by atoms with E-state index in [0.29, 0.717) is 5.41 Å². The normalized spacial score (nSPS) is 20.1.